The summed E-state index contributed by atoms with van der Waals surface area (Å²) < 4.78 is 11.6. The van der Waals surface area contributed by atoms with Crippen molar-refractivity contribution in [3.8, 4) is 45.3 Å². The maximum absolute atomic E-state index is 6.87. The summed E-state index contributed by atoms with van der Waals surface area (Å²) in [4.78, 5) is 9.82. The zero-order valence-corrected chi connectivity index (χ0v) is 47.8. The van der Waals surface area contributed by atoms with Crippen molar-refractivity contribution in [1.29, 1.82) is 0 Å². The first-order chi connectivity index (χ1) is 40.6. The Bertz CT molecular complexity index is 4480. The Labute approximate surface area is 498 Å². The van der Waals surface area contributed by atoms with Crippen LogP contribution >= 0.6 is 0 Å². The number of pyridine rings is 1. The standard InChI is InChI=1S/C76H56N5O.Pt/c1-3-17-52(18-4-1)62-26-16-27-63(53-19-5-2-6-20-53)75(62)79-49-78(71-31-13-14-32-72(71)79)59-21-15-22-60(47-59)82-61-37-38-67-66-25-9-12-30-70(66)81(73(67)48-61)74-46-55(39-40-77-74)76(56-42-50-41-51(44-56)45-57(76)43-50)54-33-35-58(36-34-54)80-68-28-10-7-23-64(68)65-24-8-11-29-69(65)80;/h1-40,46,49-51,56-57H,41-45H2;/q-3;. The molecule has 3 aromatic heterocycles. The second-order valence-corrected chi connectivity index (χ2v) is 23.2. The quantitative estimate of drug-likeness (QED) is 0.128. The van der Waals surface area contributed by atoms with E-state index in [-0.39, 0.29) is 26.5 Å². The molecular formula is C76H56N5OPt-3. The van der Waals surface area contributed by atoms with E-state index in [1.807, 2.05) is 12.1 Å². The first-order valence-corrected chi connectivity index (χ1v) is 29.1. The summed E-state index contributed by atoms with van der Waals surface area (Å²) in [6.45, 7) is 2.20. The van der Waals surface area contributed by atoms with Gasteiger partial charge < -0.3 is 23.7 Å². The largest absolute Gasteiger partial charge is 0.509 e. The Morgan fingerprint density at radius 2 is 0.988 bits per heavy atom. The van der Waals surface area contributed by atoms with Gasteiger partial charge in [0, 0.05) is 94.3 Å². The molecule has 0 spiro atoms. The molecule has 0 radical (unpaired) electrons. The predicted octanol–water partition coefficient (Wildman–Crippen LogP) is 19.2. The van der Waals surface area contributed by atoms with E-state index in [1.54, 1.807) is 0 Å². The zero-order valence-electron chi connectivity index (χ0n) is 45.6. The molecule has 13 aromatic rings. The summed E-state index contributed by atoms with van der Waals surface area (Å²) in [5.74, 6) is 4.85. The van der Waals surface area contributed by atoms with Gasteiger partial charge in [0.15, 0.2) is 0 Å². The van der Waals surface area contributed by atoms with E-state index in [0.29, 0.717) is 23.3 Å². The number of aromatic nitrogens is 3. The van der Waals surface area contributed by atoms with Crippen LogP contribution in [0.3, 0.4) is 0 Å². The van der Waals surface area contributed by atoms with Crippen molar-refractivity contribution >= 4 is 66.4 Å². The molecule has 0 unspecified atom stereocenters. The maximum Gasteiger partial charge on any atom is 0.135 e. The minimum atomic E-state index is -0.137. The molecule has 0 N–H and O–H groups in total. The van der Waals surface area contributed by atoms with Gasteiger partial charge in [0.2, 0.25) is 0 Å². The molecule has 1 aliphatic heterocycles. The number of nitrogens with zero attached hydrogens (tertiary/aromatic N) is 5. The monoisotopic (exact) mass is 1250 g/mol. The number of anilines is 4. The van der Waals surface area contributed by atoms with E-state index < -0.39 is 0 Å². The van der Waals surface area contributed by atoms with Gasteiger partial charge in [-0.1, -0.05) is 163 Å². The molecule has 0 atom stereocenters. The van der Waals surface area contributed by atoms with E-state index in [1.165, 1.54) is 70.7 Å². The Kier molecular flexibility index (Phi) is 11.9. The number of para-hydroxylation sites is 6. The SMILES string of the molecule is [Pt].[c-]1c(Oc2[c-]c3c(cc2)c2ccccc2n3-c2cc(C3(c4ccc(-n5c6ccccc6c6ccccc65)cc4)C4CC5CC(C4)CC3C5)ccn2)cccc1N1[CH-]N(c2c(-c3ccccc3)cccc2-c2ccccc2)c2ccccc21. The molecule has 4 fully saturated rings. The van der Waals surface area contributed by atoms with Gasteiger partial charge in [-0.2, -0.15) is 12.1 Å². The third kappa shape index (κ3) is 7.90. The number of ether oxygens (including phenoxy) is 1. The van der Waals surface area contributed by atoms with Crippen molar-refractivity contribution in [1.82, 2.24) is 14.1 Å². The fraction of sp³-hybridized carbons (Fsp3) is 0.132. The molecule has 7 heteroatoms. The number of benzene rings is 10. The van der Waals surface area contributed by atoms with Crippen LogP contribution in [0.5, 0.6) is 11.5 Å². The summed E-state index contributed by atoms with van der Waals surface area (Å²) in [6.07, 6.45) is 8.57. The Morgan fingerprint density at radius 3 is 1.63 bits per heavy atom. The summed E-state index contributed by atoms with van der Waals surface area (Å²) in [6, 6.07) is 95.3. The molecule has 4 bridgehead atoms. The molecule has 5 aliphatic rings. The molecule has 18 rings (SSSR count). The maximum atomic E-state index is 6.87. The molecular weight excluding hydrogens is 1190 g/mol. The Morgan fingerprint density at radius 1 is 0.446 bits per heavy atom. The number of hydrogen-bond donors (Lipinski definition) is 0. The second-order valence-electron chi connectivity index (χ2n) is 23.2. The van der Waals surface area contributed by atoms with E-state index in [0.717, 1.165) is 84.5 Å². The first kappa shape index (κ1) is 49.8. The van der Waals surface area contributed by atoms with Crippen molar-refractivity contribution in [2.75, 3.05) is 9.80 Å². The third-order valence-corrected chi connectivity index (χ3v) is 18.9. The average molecular weight is 1250 g/mol. The molecule has 4 aliphatic carbocycles. The van der Waals surface area contributed by atoms with Crippen molar-refractivity contribution in [3.05, 3.63) is 279 Å². The number of fused-ring (bicyclic) bond motifs is 7. The van der Waals surface area contributed by atoms with Gasteiger partial charge in [-0.15, -0.1) is 48.1 Å². The van der Waals surface area contributed by atoms with Gasteiger partial charge in [0.25, 0.3) is 0 Å². The van der Waals surface area contributed by atoms with E-state index >= 15 is 0 Å². The van der Waals surface area contributed by atoms with Crippen LogP contribution < -0.4 is 14.5 Å². The smallest absolute Gasteiger partial charge is 0.135 e. The molecule has 6 nitrogen and oxygen atoms in total. The van der Waals surface area contributed by atoms with Crippen LogP contribution in [-0.2, 0) is 26.5 Å². The average Bonchev–Trinajstić information content (AvgIpc) is 3.33. The summed E-state index contributed by atoms with van der Waals surface area (Å²) in [5.41, 5.74) is 17.1. The van der Waals surface area contributed by atoms with Crippen LogP contribution in [0.2, 0.25) is 0 Å². The fourth-order valence-electron chi connectivity index (χ4n) is 15.8. The van der Waals surface area contributed by atoms with Crippen LogP contribution in [0, 0.1) is 42.5 Å². The number of rotatable bonds is 10. The zero-order chi connectivity index (χ0) is 53.9. The van der Waals surface area contributed by atoms with Crippen LogP contribution in [0.1, 0.15) is 43.2 Å². The van der Waals surface area contributed by atoms with Crippen LogP contribution in [-0.4, -0.2) is 14.1 Å². The fourth-order valence-corrected chi connectivity index (χ4v) is 15.8. The molecule has 10 aromatic carbocycles. The molecule has 4 saturated carbocycles. The molecule has 83 heavy (non-hydrogen) atoms. The molecule has 4 heterocycles. The van der Waals surface area contributed by atoms with Crippen LogP contribution in [0.25, 0.3) is 77.4 Å². The Hall–Kier alpha value is -8.96. The minimum Gasteiger partial charge on any atom is -0.509 e. The molecule has 404 valence electrons. The molecule has 0 saturated heterocycles. The number of hydrogen-bond acceptors (Lipinski definition) is 4. The van der Waals surface area contributed by atoms with Crippen molar-refractivity contribution < 1.29 is 25.8 Å². The van der Waals surface area contributed by atoms with Crippen molar-refractivity contribution in [2.24, 2.45) is 23.7 Å². The first-order valence-electron chi connectivity index (χ1n) is 29.1. The predicted molar refractivity (Wildman–Crippen MR) is 334 cm³/mol. The van der Waals surface area contributed by atoms with Crippen LogP contribution in [0.4, 0.5) is 22.7 Å². The molecule has 0 amide bonds. The van der Waals surface area contributed by atoms with Gasteiger partial charge in [-0.05, 0) is 138 Å². The topological polar surface area (TPSA) is 38.5 Å². The van der Waals surface area contributed by atoms with Crippen molar-refractivity contribution in [3.63, 3.8) is 0 Å². The van der Waals surface area contributed by atoms with E-state index in [9.17, 15) is 0 Å². The van der Waals surface area contributed by atoms with Crippen LogP contribution in [0.15, 0.2) is 249 Å². The minimum absolute atomic E-state index is 0. The Balaban J connectivity index is 0.00000565. The summed E-state index contributed by atoms with van der Waals surface area (Å²) in [5, 5.41) is 4.83. The van der Waals surface area contributed by atoms with Gasteiger partial charge >= 0.3 is 0 Å². The third-order valence-electron chi connectivity index (χ3n) is 18.9. The summed E-state index contributed by atoms with van der Waals surface area (Å²) in [7, 11) is 0. The van der Waals surface area contributed by atoms with Gasteiger partial charge in [-0.3, -0.25) is 0 Å². The van der Waals surface area contributed by atoms with E-state index in [4.69, 9.17) is 9.72 Å². The van der Waals surface area contributed by atoms with Gasteiger partial charge in [0.05, 0.1) is 11.0 Å². The summed E-state index contributed by atoms with van der Waals surface area (Å²) >= 11 is 0. The van der Waals surface area contributed by atoms with Crippen molar-refractivity contribution in [2.45, 2.75) is 37.5 Å². The second kappa shape index (κ2) is 19.9. The normalized spacial score (nSPS) is 19.7. The van der Waals surface area contributed by atoms with Gasteiger partial charge in [-0.25, -0.2) is 4.98 Å². The van der Waals surface area contributed by atoms with E-state index in [2.05, 4.69) is 274 Å². The van der Waals surface area contributed by atoms with Gasteiger partial charge in [0.1, 0.15) is 5.82 Å².